The molecular formula is C15H24O. The fourth-order valence-corrected chi connectivity index (χ4v) is 1.66. The van der Waals surface area contributed by atoms with Gasteiger partial charge in [0.15, 0.2) is 0 Å². The summed E-state index contributed by atoms with van der Waals surface area (Å²) in [6, 6.07) is 8.39. The molecule has 0 atom stereocenters. The Labute approximate surface area is 99.8 Å². The lowest BCUT2D eigenvalue weighted by Crippen LogP contribution is -2.04. The number of hydrogen-bond acceptors (Lipinski definition) is 1. The van der Waals surface area contributed by atoms with E-state index in [0.717, 1.165) is 25.2 Å². The second-order valence-electron chi connectivity index (χ2n) is 5.24. The van der Waals surface area contributed by atoms with E-state index in [4.69, 9.17) is 4.74 Å². The monoisotopic (exact) mass is 220 g/mol. The van der Waals surface area contributed by atoms with Crippen molar-refractivity contribution >= 4 is 0 Å². The van der Waals surface area contributed by atoms with E-state index in [9.17, 15) is 0 Å². The van der Waals surface area contributed by atoms with E-state index in [1.807, 2.05) is 0 Å². The van der Waals surface area contributed by atoms with Crippen molar-refractivity contribution < 1.29 is 4.74 Å². The van der Waals surface area contributed by atoms with E-state index in [1.54, 1.807) is 0 Å². The molecule has 0 fully saturated rings. The Morgan fingerprint density at radius 3 is 2.31 bits per heavy atom. The SMILES string of the molecule is CC(C)CCOc1ccccc1CC(C)C. The van der Waals surface area contributed by atoms with Gasteiger partial charge in [0.25, 0.3) is 0 Å². The highest BCUT2D eigenvalue weighted by Gasteiger charge is 2.05. The van der Waals surface area contributed by atoms with Crippen LogP contribution >= 0.6 is 0 Å². The maximum atomic E-state index is 5.85. The topological polar surface area (TPSA) is 9.23 Å². The lowest BCUT2D eigenvalue weighted by atomic mass is 10.0. The molecule has 1 aromatic carbocycles. The normalized spacial score (nSPS) is 11.1. The third-order valence-electron chi connectivity index (χ3n) is 2.55. The Morgan fingerprint density at radius 2 is 1.69 bits per heavy atom. The molecule has 0 bridgehead atoms. The molecule has 0 N–H and O–H groups in total. The molecule has 1 aromatic rings. The Balaban J connectivity index is 2.56. The summed E-state index contributed by atoms with van der Waals surface area (Å²) in [5.41, 5.74) is 1.33. The fraction of sp³-hybridized carbons (Fsp3) is 0.600. The molecular weight excluding hydrogens is 196 g/mol. The maximum absolute atomic E-state index is 5.85. The van der Waals surface area contributed by atoms with Crippen LogP contribution in [-0.4, -0.2) is 6.61 Å². The van der Waals surface area contributed by atoms with Crippen LogP contribution in [0.2, 0.25) is 0 Å². The van der Waals surface area contributed by atoms with Crippen LogP contribution in [-0.2, 0) is 6.42 Å². The van der Waals surface area contributed by atoms with Gasteiger partial charge in [-0.1, -0.05) is 45.9 Å². The van der Waals surface area contributed by atoms with Crippen molar-refractivity contribution in [2.24, 2.45) is 11.8 Å². The highest BCUT2D eigenvalue weighted by molar-refractivity contribution is 5.33. The molecule has 0 unspecified atom stereocenters. The molecule has 16 heavy (non-hydrogen) atoms. The first kappa shape index (κ1) is 13.1. The first-order chi connectivity index (χ1) is 7.59. The second kappa shape index (κ2) is 6.57. The van der Waals surface area contributed by atoms with Crippen LogP contribution in [0, 0.1) is 11.8 Å². The van der Waals surface area contributed by atoms with Crippen LogP contribution < -0.4 is 4.74 Å². The standard InChI is InChI=1S/C15H24O/c1-12(2)9-10-16-15-8-6-5-7-14(15)11-13(3)4/h5-8,12-13H,9-11H2,1-4H3. The van der Waals surface area contributed by atoms with Crippen LogP contribution in [0.4, 0.5) is 0 Å². The average Bonchev–Trinajstić information content (AvgIpc) is 2.19. The zero-order valence-corrected chi connectivity index (χ0v) is 11.0. The Hall–Kier alpha value is -0.980. The number of rotatable bonds is 6. The number of ether oxygens (including phenoxy) is 1. The van der Waals surface area contributed by atoms with Gasteiger partial charge in [0.05, 0.1) is 6.61 Å². The van der Waals surface area contributed by atoms with E-state index >= 15 is 0 Å². The minimum Gasteiger partial charge on any atom is -0.493 e. The molecule has 90 valence electrons. The van der Waals surface area contributed by atoms with Gasteiger partial charge in [0.2, 0.25) is 0 Å². The quantitative estimate of drug-likeness (QED) is 0.694. The third kappa shape index (κ3) is 4.69. The summed E-state index contributed by atoms with van der Waals surface area (Å²) >= 11 is 0. The van der Waals surface area contributed by atoms with Crippen molar-refractivity contribution in [1.82, 2.24) is 0 Å². The number of hydrogen-bond donors (Lipinski definition) is 0. The van der Waals surface area contributed by atoms with Crippen LogP contribution in [0.1, 0.15) is 39.7 Å². The fourth-order valence-electron chi connectivity index (χ4n) is 1.66. The van der Waals surface area contributed by atoms with E-state index in [-0.39, 0.29) is 0 Å². The zero-order chi connectivity index (χ0) is 12.0. The van der Waals surface area contributed by atoms with Gasteiger partial charge in [-0.05, 0) is 36.3 Å². The summed E-state index contributed by atoms with van der Waals surface area (Å²) in [5, 5.41) is 0. The summed E-state index contributed by atoms with van der Waals surface area (Å²) in [7, 11) is 0. The Bertz CT molecular complexity index is 302. The summed E-state index contributed by atoms with van der Waals surface area (Å²) in [4.78, 5) is 0. The van der Waals surface area contributed by atoms with E-state index in [1.165, 1.54) is 5.56 Å². The minimum atomic E-state index is 0.676. The van der Waals surface area contributed by atoms with Crippen molar-refractivity contribution in [2.45, 2.75) is 40.5 Å². The minimum absolute atomic E-state index is 0.676. The predicted molar refractivity (Wildman–Crippen MR) is 69.9 cm³/mol. The van der Waals surface area contributed by atoms with Crippen LogP contribution in [0.25, 0.3) is 0 Å². The summed E-state index contributed by atoms with van der Waals surface area (Å²) in [5.74, 6) is 2.45. The largest absolute Gasteiger partial charge is 0.493 e. The van der Waals surface area contributed by atoms with Crippen LogP contribution in [0.5, 0.6) is 5.75 Å². The van der Waals surface area contributed by atoms with Gasteiger partial charge in [-0.25, -0.2) is 0 Å². The van der Waals surface area contributed by atoms with Crippen molar-refractivity contribution in [1.29, 1.82) is 0 Å². The molecule has 0 aliphatic rings. The molecule has 0 radical (unpaired) electrons. The van der Waals surface area contributed by atoms with Gasteiger partial charge in [0, 0.05) is 0 Å². The zero-order valence-electron chi connectivity index (χ0n) is 11.0. The van der Waals surface area contributed by atoms with Gasteiger partial charge < -0.3 is 4.74 Å². The summed E-state index contributed by atoms with van der Waals surface area (Å²) < 4.78 is 5.85. The van der Waals surface area contributed by atoms with Gasteiger partial charge in [0.1, 0.15) is 5.75 Å². The molecule has 0 spiro atoms. The molecule has 1 rings (SSSR count). The molecule has 0 saturated carbocycles. The van der Waals surface area contributed by atoms with E-state index in [0.29, 0.717) is 11.8 Å². The first-order valence-corrected chi connectivity index (χ1v) is 6.30. The molecule has 0 amide bonds. The molecule has 0 saturated heterocycles. The molecule has 0 heterocycles. The first-order valence-electron chi connectivity index (χ1n) is 6.30. The summed E-state index contributed by atoms with van der Waals surface area (Å²) in [6.45, 7) is 9.76. The summed E-state index contributed by atoms with van der Waals surface area (Å²) in [6.07, 6.45) is 2.22. The number of benzene rings is 1. The Morgan fingerprint density at radius 1 is 1.00 bits per heavy atom. The van der Waals surface area contributed by atoms with Crippen molar-refractivity contribution in [2.75, 3.05) is 6.61 Å². The lowest BCUT2D eigenvalue weighted by Gasteiger charge is -2.13. The molecule has 1 nitrogen and oxygen atoms in total. The second-order valence-corrected chi connectivity index (χ2v) is 5.24. The van der Waals surface area contributed by atoms with Crippen LogP contribution in [0.3, 0.4) is 0 Å². The molecule has 0 aromatic heterocycles. The van der Waals surface area contributed by atoms with Gasteiger partial charge in [-0.3, -0.25) is 0 Å². The van der Waals surface area contributed by atoms with E-state index in [2.05, 4.69) is 52.0 Å². The van der Waals surface area contributed by atoms with Crippen molar-refractivity contribution in [3.8, 4) is 5.75 Å². The molecule has 0 aliphatic carbocycles. The van der Waals surface area contributed by atoms with E-state index < -0.39 is 0 Å². The Kier molecular flexibility index (Phi) is 5.37. The third-order valence-corrected chi connectivity index (χ3v) is 2.55. The lowest BCUT2D eigenvalue weighted by molar-refractivity contribution is 0.286. The maximum Gasteiger partial charge on any atom is 0.122 e. The predicted octanol–water partition coefficient (Wildman–Crippen LogP) is 4.31. The van der Waals surface area contributed by atoms with Crippen molar-refractivity contribution in [3.05, 3.63) is 29.8 Å². The van der Waals surface area contributed by atoms with Crippen LogP contribution in [0.15, 0.2) is 24.3 Å². The van der Waals surface area contributed by atoms with Gasteiger partial charge >= 0.3 is 0 Å². The van der Waals surface area contributed by atoms with Gasteiger partial charge in [-0.2, -0.15) is 0 Å². The van der Waals surface area contributed by atoms with Crippen molar-refractivity contribution in [3.63, 3.8) is 0 Å². The highest BCUT2D eigenvalue weighted by Crippen LogP contribution is 2.21. The number of para-hydroxylation sites is 1. The smallest absolute Gasteiger partial charge is 0.122 e. The molecule has 1 heteroatoms. The van der Waals surface area contributed by atoms with Gasteiger partial charge in [-0.15, -0.1) is 0 Å². The molecule has 0 aliphatic heterocycles. The average molecular weight is 220 g/mol. The highest BCUT2D eigenvalue weighted by atomic mass is 16.5.